The second-order valence-corrected chi connectivity index (χ2v) is 7.67. The van der Waals surface area contributed by atoms with Crippen molar-refractivity contribution >= 4 is 17.5 Å². The number of amides is 2. The van der Waals surface area contributed by atoms with Gasteiger partial charge in [-0.3, -0.25) is 14.4 Å². The van der Waals surface area contributed by atoms with Gasteiger partial charge in [-0.25, -0.2) is 4.68 Å². The molecule has 0 saturated carbocycles. The van der Waals surface area contributed by atoms with Crippen LogP contribution >= 0.6 is 0 Å². The summed E-state index contributed by atoms with van der Waals surface area (Å²) in [6.45, 7) is 6.34. The van der Waals surface area contributed by atoms with Crippen molar-refractivity contribution in [3.8, 4) is 0 Å². The molecule has 28 heavy (non-hydrogen) atoms. The van der Waals surface area contributed by atoms with Crippen LogP contribution in [-0.2, 0) is 16.1 Å². The average Bonchev–Trinajstić information content (AvgIpc) is 3.11. The van der Waals surface area contributed by atoms with Crippen LogP contribution < -0.4 is 15.8 Å². The third-order valence-electron chi connectivity index (χ3n) is 5.60. The van der Waals surface area contributed by atoms with Crippen LogP contribution in [0.4, 0.5) is 5.69 Å². The van der Waals surface area contributed by atoms with Crippen molar-refractivity contribution in [2.24, 2.45) is 5.92 Å². The molecular formula is C20H31N5O3. The Bertz CT molecular complexity index is 740. The predicted molar refractivity (Wildman–Crippen MR) is 107 cm³/mol. The lowest BCUT2D eigenvalue weighted by molar-refractivity contribution is -0.127. The first-order valence-corrected chi connectivity index (χ1v) is 10.5. The number of anilines is 1. The molecule has 1 N–H and O–H groups in total. The fourth-order valence-corrected chi connectivity index (χ4v) is 3.94. The maximum atomic E-state index is 12.4. The minimum Gasteiger partial charge on any atom is -0.370 e. The van der Waals surface area contributed by atoms with Crippen LogP contribution in [0.3, 0.4) is 0 Å². The topological polar surface area (TPSA) is 87.5 Å². The Balaban J connectivity index is 1.39. The van der Waals surface area contributed by atoms with E-state index in [2.05, 4.69) is 15.3 Å². The van der Waals surface area contributed by atoms with Crippen LogP contribution in [0.1, 0.15) is 45.4 Å². The Morgan fingerprint density at radius 3 is 2.64 bits per heavy atom. The number of aryl methyl sites for hydroxylation is 1. The van der Waals surface area contributed by atoms with E-state index in [1.54, 1.807) is 12.3 Å². The minimum atomic E-state index is -0.0734. The molecule has 0 atom stereocenters. The highest BCUT2D eigenvalue weighted by Gasteiger charge is 2.25. The molecular weight excluding hydrogens is 358 g/mol. The zero-order valence-electron chi connectivity index (χ0n) is 16.7. The average molecular weight is 390 g/mol. The van der Waals surface area contributed by atoms with E-state index < -0.39 is 0 Å². The lowest BCUT2D eigenvalue weighted by Gasteiger charge is -2.32. The maximum Gasteiger partial charge on any atom is 0.268 e. The van der Waals surface area contributed by atoms with E-state index in [-0.39, 0.29) is 23.3 Å². The summed E-state index contributed by atoms with van der Waals surface area (Å²) in [6.07, 6.45) is 6.58. The van der Waals surface area contributed by atoms with Gasteiger partial charge in [0.05, 0.1) is 11.9 Å². The van der Waals surface area contributed by atoms with Crippen molar-refractivity contribution in [1.82, 2.24) is 20.0 Å². The Labute approximate surface area is 165 Å². The summed E-state index contributed by atoms with van der Waals surface area (Å²) in [6, 6.07) is 1.64. The molecule has 0 unspecified atom stereocenters. The number of rotatable bonds is 8. The molecule has 0 radical (unpaired) electrons. The van der Waals surface area contributed by atoms with Gasteiger partial charge in [0, 0.05) is 57.7 Å². The molecule has 2 saturated heterocycles. The van der Waals surface area contributed by atoms with Crippen molar-refractivity contribution in [2.45, 2.75) is 52.0 Å². The standard InChI is InChI=1S/C20H31N5O3/c1-2-9-25-19(27)14-17(15-22-25)23-12-6-16(7-13-23)20(28)21-8-4-11-24-10-3-5-18(24)26/h14-16H,2-13H2,1H3,(H,21,28). The van der Waals surface area contributed by atoms with Gasteiger partial charge in [0.2, 0.25) is 11.8 Å². The number of carbonyl (C=O) groups is 2. The summed E-state index contributed by atoms with van der Waals surface area (Å²) in [4.78, 5) is 40.1. The van der Waals surface area contributed by atoms with Gasteiger partial charge in [-0.2, -0.15) is 5.10 Å². The number of likely N-dealkylation sites (tertiary alicyclic amines) is 1. The SMILES string of the molecule is CCCn1ncc(N2CCC(C(=O)NCCCN3CCCC3=O)CC2)cc1=O. The van der Waals surface area contributed by atoms with Gasteiger partial charge < -0.3 is 15.1 Å². The minimum absolute atomic E-state index is 0.0121. The van der Waals surface area contributed by atoms with Crippen LogP contribution in [0, 0.1) is 5.92 Å². The van der Waals surface area contributed by atoms with Crippen molar-refractivity contribution in [3.05, 3.63) is 22.6 Å². The van der Waals surface area contributed by atoms with Gasteiger partial charge in [0.25, 0.3) is 5.56 Å². The van der Waals surface area contributed by atoms with Crippen molar-refractivity contribution in [3.63, 3.8) is 0 Å². The number of hydrogen-bond donors (Lipinski definition) is 1. The zero-order valence-corrected chi connectivity index (χ0v) is 16.7. The maximum absolute atomic E-state index is 12.4. The van der Waals surface area contributed by atoms with Crippen LogP contribution in [0.15, 0.2) is 17.1 Å². The predicted octanol–water partition coefficient (Wildman–Crippen LogP) is 0.998. The van der Waals surface area contributed by atoms with E-state index in [9.17, 15) is 14.4 Å². The highest BCUT2D eigenvalue weighted by Crippen LogP contribution is 2.22. The third-order valence-corrected chi connectivity index (χ3v) is 5.60. The Morgan fingerprint density at radius 2 is 2.00 bits per heavy atom. The van der Waals surface area contributed by atoms with Crippen molar-refractivity contribution < 1.29 is 9.59 Å². The summed E-state index contributed by atoms with van der Waals surface area (Å²) in [7, 11) is 0. The second kappa shape index (κ2) is 9.71. The Kier molecular flexibility index (Phi) is 7.06. The molecule has 154 valence electrons. The van der Waals surface area contributed by atoms with Crippen LogP contribution in [0.25, 0.3) is 0 Å². The number of aromatic nitrogens is 2. The molecule has 0 aliphatic carbocycles. The third kappa shape index (κ3) is 5.11. The summed E-state index contributed by atoms with van der Waals surface area (Å²) >= 11 is 0. The first kappa shape index (κ1) is 20.4. The lowest BCUT2D eigenvalue weighted by Crippen LogP contribution is -2.41. The van der Waals surface area contributed by atoms with Gasteiger partial charge >= 0.3 is 0 Å². The summed E-state index contributed by atoms with van der Waals surface area (Å²) in [5.41, 5.74) is 0.766. The van der Waals surface area contributed by atoms with Crippen LogP contribution in [0.2, 0.25) is 0 Å². The van der Waals surface area contributed by atoms with E-state index >= 15 is 0 Å². The highest BCUT2D eigenvalue weighted by atomic mass is 16.2. The van der Waals surface area contributed by atoms with Crippen LogP contribution in [0.5, 0.6) is 0 Å². The molecule has 8 heteroatoms. The molecule has 2 aliphatic rings. The van der Waals surface area contributed by atoms with Gasteiger partial charge in [-0.05, 0) is 32.1 Å². The van der Waals surface area contributed by atoms with Crippen LogP contribution in [-0.4, -0.2) is 59.2 Å². The normalized spacial score (nSPS) is 18.0. The molecule has 2 fully saturated rings. The van der Waals surface area contributed by atoms with E-state index in [1.165, 1.54) is 4.68 Å². The van der Waals surface area contributed by atoms with Gasteiger partial charge in [-0.1, -0.05) is 6.92 Å². The van der Waals surface area contributed by atoms with Gasteiger partial charge in [0.15, 0.2) is 0 Å². The zero-order chi connectivity index (χ0) is 19.9. The molecule has 3 rings (SSSR count). The molecule has 0 bridgehead atoms. The van der Waals surface area contributed by atoms with Crippen molar-refractivity contribution in [1.29, 1.82) is 0 Å². The molecule has 8 nitrogen and oxygen atoms in total. The first-order valence-electron chi connectivity index (χ1n) is 10.5. The molecule has 3 heterocycles. The number of carbonyl (C=O) groups excluding carboxylic acids is 2. The molecule has 2 amide bonds. The quantitative estimate of drug-likeness (QED) is 0.670. The van der Waals surface area contributed by atoms with Crippen molar-refractivity contribution in [2.75, 3.05) is 37.6 Å². The van der Waals surface area contributed by atoms with E-state index in [0.29, 0.717) is 19.5 Å². The monoisotopic (exact) mass is 389 g/mol. The molecule has 2 aliphatic heterocycles. The fraction of sp³-hybridized carbons (Fsp3) is 0.700. The number of hydrogen-bond acceptors (Lipinski definition) is 5. The highest BCUT2D eigenvalue weighted by molar-refractivity contribution is 5.79. The van der Waals surface area contributed by atoms with Gasteiger partial charge in [0.1, 0.15) is 0 Å². The fourth-order valence-electron chi connectivity index (χ4n) is 3.94. The van der Waals surface area contributed by atoms with Gasteiger partial charge in [-0.15, -0.1) is 0 Å². The number of nitrogens with zero attached hydrogens (tertiary/aromatic N) is 4. The smallest absolute Gasteiger partial charge is 0.268 e. The molecule has 1 aromatic rings. The largest absolute Gasteiger partial charge is 0.370 e. The summed E-state index contributed by atoms with van der Waals surface area (Å²) in [5.74, 6) is 0.345. The van der Waals surface area contributed by atoms with E-state index in [0.717, 1.165) is 64.0 Å². The van der Waals surface area contributed by atoms with E-state index in [1.807, 2.05) is 11.8 Å². The number of nitrogens with one attached hydrogen (secondary N) is 1. The molecule has 1 aromatic heterocycles. The second-order valence-electron chi connectivity index (χ2n) is 7.67. The number of piperidine rings is 1. The lowest BCUT2D eigenvalue weighted by atomic mass is 9.95. The molecule has 0 spiro atoms. The first-order chi connectivity index (χ1) is 13.6. The Morgan fingerprint density at radius 1 is 1.21 bits per heavy atom. The summed E-state index contributed by atoms with van der Waals surface area (Å²) < 4.78 is 1.49. The summed E-state index contributed by atoms with van der Waals surface area (Å²) in [5, 5.41) is 7.26. The van der Waals surface area contributed by atoms with E-state index in [4.69, 9.17) is 0 Å². The Hall–Kier alpha value is -2.38. The molecule has 0 aromatic carbocycles.